The maximum absolute atomic E-state index is 13.0. The van der Waals surface area contributed by atoms with Crippen LogP contribution in [0.1, 0.15) is 42.7 Å². The summed E-state index contributed by atoms with van der Waals surface area (Å²) in [6, 6.07) is 16.6. The van der Waals surface area contributed by atoms with Crippen LogP contribution < -0.4 is 15.5 Å². The summed E-state index contributed by atoms with van der Waals surface area (Å²) in [4.78, 5) is 26.1. The van der Waals surface area contributed by atoms with Crippen molar-refractivity contribution in [3.05, 3.63) is 65.7 Å². The molecule has 144 valence electrons. The van der Waals surface area contributed by atoms with Gasteiger partial charge in [-0.2, -0.15) is 0 Å². The third kappa shape index (κ3) is 6.31. The van der Waals surface area contributed by atoms with Crippen LogP contribution >= 0.6 is 0 Å². The van der Waals surface area contributed by atoms with Gasteiger partial charge in [-0.25, -0.2) is 0 Å². The van der Waals surface area contributed by atoms with Gasteiger partial charge in [-0.15, -0.1) is 0 Å². The van der Waals surface area contributed by atoms with Gasteiger partial charge in [-0.1, -0.05) is 42.5 Å². The predicted molar refractivity (Wildman–Crippen MR) is 108 cm³/mol. The molecule has 0 aliphatic rings. The van der Waals surface area contributed by atoms with E-state index in [1.54, 1.807) is 18.2 Å². The molecule has 0 aromatic heterocycles. The van der Waals surface area contributed by atoms with E-state index in [0.29, 0.717) is 11.3 Å². The molecule has 0 bridgehead atoms. The molecule has 4 N–H and O–H groups in total. The van der Waals surface area contributed by atoms with E-state index in [-0.39, 0.29) is 17.7 Å². The normalized spacial score (nSPS) is 12.0. The number of quaternary nitrogens is 2. The van der Waals surface area contributed by atoms with E-state index in [9.17, 15) is 9.59 Å². The lowest BCUT2D eigenvalue weighted by Gasteiger charge is -2.19. The number of hydrogen-bond donors (Lipinski definition) is 3. The number of nitrogens with two attached hydrogens (primary N) is 1. The van der Waals surface area contributed by atoms with Crippen molar-refractivity contribution >= 4 is 17.4 Å². The van der Waals surface area contributed by atoms with E-state index >= 15 is 0 Å². The van der Waals surface area contributed by atoms with Gasteiger partial charge in [0.15, 0.2) is 11.8 Å². The average Bonchev–Trinajstić information content (AvgIpc) is 2.69. The lowest BCUT2D eigenvalue weighted by Crippen LogP contribution is -3.14. The molecule has 2 aromatic rings. The summed E-state index contributed by atoms with van der Waals surface area (Å²) >= 11 is 0. The van der Waals surface area contributed by atoms with Crippen LogP contribution in [0.4, 0.5) is 5.69 Å². The lowest BCUT2D eigenvalue weighted by molar-refractivity contribution is -0.910. The highest BCUT2D eigenvalue weighted by Gasteiger charge is 2.24. The topological polar surface area (TPSA) is 67.2 Å². The molecule has 2 aromatic carbocycles. The van der Waals surface area contributed by atoms with Crippen LogP contribution in [0.3, 0.4) is 0 Å². The third-order valence-corrected chi connectivity index (χ3v) is 4.88. The van der Waals surface area contributed by atoms with Crippen LogP contribution in [-0.2, 0) is 4.79 Å². The first kappa shape index (κ1) is 20.8. The first-order valence-electron chi connectivity index (χ1n) is 9.68. The molecule has 0 fully saturated rings. The van der Waals surface area contributed by atoms with Crippen molar-refractivity contribution in [2.24, 2.45) is 0 Å². The molecule has 0 radical (unpaired) electrons. The number of rotatable bonds is 10. The number of ketones is 1. The second-order valence-electron chi connectivity index (χ2n) is 6.75. The molecular formula is C22H31N3O2+2. The minimum absolute atomic E-state index is 0.0144. The molecule has 0 aliphatic carbocycles. The quantitative estimate of drug-likeness (QED) is 0.548. The molecule has 0 aliphatic heterocycles. The van der Waals surface area contributed by atoms with Crippen LogP contribution in [0.2, 0.25) is 0 Å². The first-order valence-corrected chi connectivity index (χ1v) is 9.68. The van der Waals surface area contributed by atoms with E-state index < -0.39 is 0 Å². The van der Waals surface area contributed by atoms with Crippen LogP contribution in [-0.4, -0.2) is 37.9 Å². The van der Waals surface area contributed by atoms with Crippen molar-refractivity contribution in [3.8, 4) is 0 Å². The highest BCUT2D eigenvalue weighted by Crippen LogP contribution is 2.15. The smallest absolute Gasteiger partial charge is 0.287 e. The van der Waals surface area contributed by atoms with Crippen molar-refractivity contribution < 1.29 is 19.8 Å². The Morgan fingerprint density at radius 2 is 1.74 bits per heavy atom. The number of likely N-dealkylation sites (N-methyl/N-ethyl adjacent to an activating group) is 1. The Labute approximate surface area is 161 Å². The van der Waals surface area contributed by atoms with Gasteiger partial charge in [0.05, 0.1) is 13.1 Å². The molecule has 0 heterocycles. The maximum Gasteiger partial charge on any atom is 0.287 e. The molecule has 5 heteroatoms. The van der Waals surface area contributed by atoms with E-state index in [0.717, 1.165) is 31.7 Å². The van der Waals surface area contributed by atoms with Crippen molar-refractivity contribution in [2.75, 3.05) is 31.5 Å². The minimum atomic E-state index is -0.317. The Balaban J connectivity index is 2.11. The Morgan fingerprint density at radius 3 is 2.37 bits per heavy atom. The van der Waals surface area contributed by atoms with Gasteiger partial charge < -0.3 is 15.5 Å². The van der Waals surface area contributed by atoms with Crippen molar-refractivity contribution in [3.63, 3.8) is 0 Å². The number of nitrogens with one attached hydrogen (secondary N) is 2. The monoisotopic (exact) mass is 369 g/mol. The van der Waals surface area contributed by atoms with Crippen LogP contribution in [0, 0.1) is 0 Å². The number of carbonyl (C=O) groups is 2. The molecular weight excluding hydrogens is 338 g/mol. The number of hydrogen-bond acceptors (Lipinski definition) is 2. The molecule has 0 spiro atoms. The average molecular weight is 370 g/mol. The number of benzene rings is 2. The van der Waals surface area contributed by atoms with E-state index in [1.165, 1.54) is 11.8 Å². The number of carbonyl (C=O) groups excluding carboxylic acids is 2. The van der Waals surface area contributed by atoms with Crippen LogP contribution in [0.5, 0.6) is 0 Å². The minimum Gasteiger partial charge on any atom is -0.331 e. The number of Topliss-reactive ketones (excluding diaryl/α,β-unsaturated/α-hetero) is 1. The van der Waals surface area contributed by atoms with Crippen molar-refractivity contribution in [1.29, 1.82) is 0 Å². The maximum atomic E-state index is 13.0. The Kier molecular flexibility index (Phi) is 8.17. The van der Waals surface area contributed by atoms with Gasteiger partial charge in [-0.05, 0) is 32.9 Å². The van der Waals surface area contributed by atoms with E-state index in [4.69, 9.17) is 0 Å². The zero-order valence-electron chi connectivity index (χ0n) is 16.5. The summed E-state index contributed by atoms with van der Waals surface area (Å²) in [5.41, 5.74) is 2.22. The van der Waals surface area contributed by atoms with Gasteiger partial charge >= 0.3 is 0 Å². The summed E-state index contributed by atoms with van der Waals surface area (Å²) in [6.45, 7) is 9.96. The lowest BCUT2D eigenvalue weighted by atomic mass is 10.1. The van der Waals surface area contributed by atoms with Crippen LogP contribution in [0.25, 0.3) is 0 Å². The Bertz CT molecular complexity index is 742. The second kappa shape index (κ2) is 10.6. The second-order valence-corrected chi connectivity index (χ2v) is 6.75. The SMILES string of the molecule is CC[NH+](CC)CC[NH2+][C@H](C(=O)Nc1cccc(C(C)=O)c1)c1ccccc1. The number of anilines is 1. The molecule has 1 amide bonds. The van der Waals surface area contributed by atoms with Crippen molar-refractivity contribution in [2.45, 2.75) is 26.8 Å². The highest BCUT2D eigenvalue weighted by atomic mass is 16.2. The van der Waals surface area contributed by atoms with E-state index in [2.05, 4.69) is 24.5 Å². The standard InChI is InChI=1S/C22H29N3O2/c1-4-25(5-2)15-14-23-21(18-10-7-6-8-11-18)22(27)24-20-13-9-12-19(16-20)17(3)26/h6-13,16,21,23H,4-5,14-15H2,1-3H3,(H,24,27)/p+2/t21-/m0/s1. The largest absolute Gasteiger partial charge is 0.331 e. The van der Waals surface area contributed by atoms with Gasteiger partial charge in [0.2, 0.25) is 0 Å². The van der Waals surface area contributed by atoms with E-state index in [1.807, 2.05) is 36.4 Å². The first-order chi connectivity index (χ1) is 13.0. The molecule has 5 nitrogen and oxygen atoms in total. The molecule has 1 atom stereocenters. The fourth-order valence-corrected chi connectivity index (χ4v) is 3.15. The fourth-order valence-electron chi connectivity index (χ4n) is 3.15. The van der Waals surface area contributed by atoms with Crippen molar-refractivity contribution in [1.82, 2.24) is 0 Å². The Morgan fingerprint density at radius 1 is 1.04 bits per heavy atom. The summed E-state index contributed by atoms with van der Waals surface area (Å²) in [5, 5.41) is 5.07. The molecule has 27 heavy (non-hydrogen) atoms. The number of amides is 1. The predicted octanol–water partition coefficient (Wildman–Crippen LogP) is 1.06. The fraction of sp³-hybridized carbons (Fsp3) is 0.364. The highest BCUT2D eigenvalue weighted by molar-refractivity contribution is 5.98. The van der Waals surface area contributed by atoms with Gasteiger partial charge in [0, 0.05) is 16.8 Å². The third-order valence-electron chi connectivity index (χ3n) is 4.88. The van der Waals surface area contributed by atoms with Crippen LogP contribution in [0.15, 0.2) is 54.6 Å². The van der Waals surface area contributed by atoms with Gasteiger partial charge in [0.1, 0.15) is 13.1 Å². The zero-order valence-corrected chi connectivity index (χ0v) is 16.5. The summed E-state index contributed by atoms with van der Waals surface area (Å²) in [6.07, 6.45) is 0. The molecule has 0 saturated heterocycles. The summed E-state index contributed by atoms with van der Waals surface area (Å²) < 4.78 is 0. The molecule has 0 unspecified atom stereocenters. The zero-order chi connectivity index (χ0) is 19.6. The Hall–Kier alpha value is -2.50. The molecule has 0 saturated carbocycles. The summed E-state index contributed by atoms with van der Waals surface area (Å²) in [5.74, 6) is -0.0871. The molecule has 2 rings (SSSR count). The summed E-state index contributed by atoms with van der Waals surface area (Å²) in [7, 11) is 0. The van der Waals surface area contributed by atoms with Gasteiger partial charge in [0.25, 0.3) is 5.91 Å². The van der Waals surface area contributed by atoms with Gasteiger partial charge in [-0.3, -0.25) is 9.59 Å².